The highest BCUT2D eigenvalue weighted by Gasteiger charge is 2.43. The highest BCUT2D eigenvalue weighted by Crippen LogP contribution is 2.45. The Morgan fingerprint density at radius 1 is 1.17 bits per heavy atom. The highest BCUT2D eigenvalue weighted by atomic mass is 16.3. The van der Waals surface area contributed by atoms with Gasteiger partial charge in [-0.15, -0.1) is 0 Å². The lowest BCUT2D eigenvalue weighted by molar-refractivity contribution is -0.132. The minimum atomic E-state index is 0.205. The molecule has 1 saturated carbocycles. The van der Waals surface area contributed by atoms with Crippen molar-refractivity contribution in [3.05, 3.63) is 0 Å². The van der Waals surface area contributed by atoms with Gasteiger partial charge in [-0.3, -0.25) is 9.69 Å². The van der Waals surface area contributed by atoms with Crippen molar-refractivity contribution in [2.75, 3.05) is 39.3 Å². The maximum atomic E-state index is 11.5. The number of aliphatic hydroxyl groups is 1. The maximum absolute atomic E-state index is 11.5. The van der Waals surface area contributed by atoms with Gasteiger partial charge in [0.2, 0.25) is 5.91 Å². The molecule has 1 aliphatic heterocycles. The molecule has 1 amide bonds. The predicted molar refractivity (Wildman–Crippen MR) is 73.4 cm³/mol. The van der Waals surface area contributed by atoms with Crippen LogP contribution in [0.1, 0.15) is 40.0 Å². The zero-order chi connectivity index (χ0) is 13.6. The van der Waals surface area contributed by atoms with Gasteiger partial charge in [-0.2, -0.15) is 0 Å². The highest BCUT2D eigenvalue weighted by molar-refractivity contribution is 5.75. The zero-order valence-corrected chi connectivity index (χ0v) is 12.1. The van der Waals surface area contributed by atoms with E-state index in [0.29, 0.717) is 13.0 Å². The Balaban J connectivity index is 0.000000771. The van der Waals surface area contributed by atoms with Gasteiger partial charge in [0.15, 0.2) is 0 Å². The van der Waals surface area contributed by atoms with Crippen molar-refractivity contribution in [2.45, 2.75) is 40.0 Å². The Bertz CT molecular complexity index is 257. The summed E-state index contributed by atoms with van der Waals surface area (Å²) in [7, 11) is 0. The van der Waals surface area contributed by atoms with Crippen LogP contribution in [0.5, 0.6) is 0 Å². The van der Waals surface area contributed by atoms with Gasteiger partial charge in [0, 0.05) is 51.2 Å². The van der Waals surface area contributed by atoms with E-state index in [1.165, 1.54) is 0 Å². The quantitative estimate of drug-likeness (QED) is 0.825. The van der Waals surface area contributed by atoms with E-state index in [1.54, 1.807) is 0 Å². The van der Waals surface area contributed by atoms with Crippen molar-refractivity contribution in [3.63, 3.8) is 0 Å². The van der Waals surface area contributed by atoms with Gasteiger partial charge in [0.1, 0.15) is 0 Å². The fraction of sp³-hybridized carbons (Fsp3) is 0.929. The summed E-state index contributed by atoms with van der Waals surface area (Å²) < 4.78 is 0. The number of rotatable bonds is 4. The molecule has 0 atom stereocenters. The van der Waals surface area contributed by atoms with Gasteiger partial charge < -0.3 is 10.0 Å². The first-order valence-electron chi connectivity index (χ1n) is 7.30. The average Bonchev–Trinajstić information content (AvgIpc) is 3.21. The van der Waals surface area contributed by atoms with Crippen LogP contribution in [0.2, 0.25) is 0 Å². The fourth-order valence-corrected chi connectivity index (χ4v) is 2.40. The lowest BCUT2D eigenvalue weighted by Gasteiger charge is -2.36. The second kappa shape index (κ2) is 7.10. The molecule has 0 spiro atoms. The van der Waals surface area contributed by atoms with Crippen molar-refractivity contribution < 1.29 is 9.90 Å². The van der Waals surface area contributed by atoms with E-state index in [-0.39, 0.29) is 11.3 Å². The number of amides is 1. The average molecular weight is 256 g/mol. The van der Waals surface area contributed by atoms with Crippen molar-refractivity contribution in [1.82, 2.24) is 9.80 Å². The largest absolute Gasteiger partial charge is 0.396 e. The number of carbonyl (C=O) groups is 1. The summed E-state index contributed by atoms with van der Waals surface area (Å²) in [5.74, 6) is 0.267. The fourth-order valence-electron chi connectivity index (χ4n) is 2.40. The number of piperazine rings is 1. The number of hydrogen-bond donors (Lipinski definition) is 1. The molecular formula is C14H28N2O2. The SMILES string of the molecule is CC.CCC(=O)N1CCN(CC2(CO)CC2)CC1. The summed E-state index contributed by atoms with van der Waals surface area (Å²) in [5, 5.41) is 9.27. The molecule has 2 rings (SSSR count). The molecule has 0 bridgehead atoms. The Morgan fingerprint density at radius 3 is 2.11 bits per heavy atom. The Morgan fingerprint density at radius 2 is 1.72 bits per heavy atom. The van der Waals surface area contributed by atoms with Crippen LogP contribution in [-0.2, 0) is 4.79 Å². The van der Waals surface area contributed by atoms with E-state index >= 15 is 0 Å². The lowest BCUT2D eigenvalue weighted by Crippen LogP contribution is -2.50. The van der Waals surface area contributed by atoms with Crippen LogP contribution in [0.4, 0.5) is 0 Å². The minimum absolute atomic E-state index is 0.205. The number of aliphatic hydroxyl groups excluding tert-OH is 1. The van der Waals surface area contributed by atoms with E-state index in [0.717, 1.165) is 45.6 Å². The van der Waals surface area contributed by atoms with Crippen LogP contribution in [0.15, 0.2) is 0 Å². The summed E-state index contributed by atoms with van der Waals surface area (Å²) in [5.41, 5.74) is 0.205. The minimum Gasteiger partial charge on any atom is -0.396 e. The molecule has 1 aliphatic carbocycles. The zero-order valence-electron chi connectivity index (χ0n) is 12.1. The molecular weight excluding hydrogens is 228 g/mol. The van der Waals surface area contributed by atoms with Gasteiger partial charge >= 0.3 is 0 Å². The molecule has 1 saturated heterocycles. The summed E-state index contributed by atoms with van der Waals surface area (Å²) in [4.78, 5) is 15.8. The molecule has 106 valence electrons. The first kappa shape index (κ1) is 15.4. The summed E-state index contributed by atoms with van der Waals surface area (Å²) >= 11 is 0. The molecule has 0 aromatic rings. The molecule has 4 nitrogen and oxygen atoms in total. The molecule has 1 heterocycles. The molecule has 2 fully saturated rings. The van der Waals surface area contributed by atoms with Gasteiger partial charge in [-0.05, 0) is 12.8 Å². The van der Waals surface area contributed by atoms with Crippen molar-refractivity contribution in [2.24, 2.45) is 5.41 Å². The van der Waals surface area contributed by atoms with Crippen LogP contribution in [0.25, 0.3) is 0 Å². The van der Waals surface area contributed by atoms with Gasteiger partial charge in [-0.1, -0.05) is 20.8 Å². The van der Waals surface area contributed by atoms with Gasteiger partial charge in [0.25, 0.3) is 0 Å². The van der Waals surface area contributed by atoms with Crippen molar-refractivity contribution in [1.29, 1.82) is 0 Å². The maximum Gasteiger partial charge on any atom is 0.222 e. The summed E-state index contributed by atoms with van der Waals surface area (Å²) in [6.07, 6.45) is 2.94. The third kappa shape index (κ3) is 3.95. The van der Waals surface area contributed by atoms with Crippen LogP contribution in [0, 0.1) is 5.41 Å². The van der Waals surface area contributed by atoms with Crippen LogP contribution in [-0.4, -0.2) is 60.1 Å². The first-order chi connectivity index (χ1) is 8.69. The van der Waals surface area contributed by atoms with E-state index in [1.807, 2.05) is 25.7 Å². The topological polar surface area (TPSA) is 43.8 Å². The molecule has 0 unspecified atom stereocenters. The molecule has 2 aliphatic rings. The number of hydrogen-bond acceptors (Lipinski definition) is 3. The molecule has 0 aromatic carbocycles. The molecule has 1 N–H and O–H groups in total. The van der Waals surface area contributed by atoms with Crippen LogP contribution in [0.3, 0.4) is 0 Å². The molecule has 4 heteroatoms. The smallest absolute Gasteiger partial charge is 0.222 e. The Labute approximate surface area is 111 Å². The van der Waals surface area contributed by atoms with Crippen molar-refractivity contribution >= 4 is 5.91 Å². The number of nitrogens with zero attached hydrogens (tertiary/aromatic N) is 2. The number of carbonyl (C=O) groups excluding carboxylic acids is 1. The summed E-state index contributed by atoms with van der Waals surface area (Å²) in [6.45, 7) is 10.9. The van der Waals surface area contributed by atoms with E-state index in [2.05, 4.69) is 4.90 Å². The van der Waals surface area contributed by atoms with Gasteiger partial charge in [0.05, 0.1) is 0 Å². The molecule has 18 heavy (non-hydrogen) atoms. The Hall–Kier alpha value is -0.610. The second-order valence-corrected chi connectivity index (χ2v) is 5.17. The Kier molecular flexibility index (Phi) is 6.09. The van der Waals surface area contributed by atoms with Crippen LogP contribution < -0.4 is 0 Å². The van der Waals surface area contributed by atoms with E-state index in [9.17, 15) is 9.90 Å². The third-order valence-electron chi connectivity index (χ3n) is 3.88. The van der Waals surface area contributed by atoms with Crippen LogP contribution >= 0.6 is 0 Å². The normalized spacial score (nSPS) is 22.1. The standard InChI is InChI=1S/C12H22N2O2.C2H6/c1-2-11(16)14-7-5-13(6-8-14)9-12(10-15)3-4-12;1-2/h15H,2-10H2,1H3;1-2H3. The van der Waals surface area contributed by atoms with Crippen molar-refractivity contribution in [3.8, 4) is 0 Å². The third-order valence-corrected chi connectivity index (χ3v) is 3.88. The molecule has 0 radical (unpaired) electrons. The van der Waals surface area contributed by atoms with E-state index < -0.39 is 0 Å². The van der Waals surface area contributed by atoms with Gasteiger partial charge in [-0.25, -0.2) is 0 Å². The second-order valence-electron chi connectivity index (χ2n) is 5.17. The lowest BCUT2D eigenvalue weighted by atomic mass is 10.1. The molecule has 0 aromatic heterocycles. The monoisotopic (exact) mass is 256 g/mol. The first-order valence-corrected chi connectivity index (χ1v) is 7.30. The predicted octanol–water partition coefficient (Wildman–Crippen LogP) is 1.34. The van der Waals surface area contributed by atoms with E-state index in [4.69, 9.17) is 0 Å². The summed E-state index contributed by atoms with van der Waals surface area (Å²) in [6, 6.07) is 0.